The first kappa shape index (κ1) is 16.9. The molecule has 2 N–H and O–H groups in total. The second-order valence-electron chi connectivity index (χ2n) is 7.46. The molecule has 1 rings (SSSR count). The van der Waals surface area contributed by atoms with Crippen molar-refractivity contribution >= 4 is 0 Å². The molecule has 114 valence electrons. The highest BCUT2D eigenvalue weighted by molar-refractivity contribution is 4.86. The maximum absolute atomic E-state index is 10.0. The molecule has 3 nitrogen and oxygen atoms in total. The molecular weight excluding hydrogens is 236 g/mol. The third kappa shape index (κ3) is 6.24. The van der Waals surface area contributed by atoms with E-state index in [0.29, 0.717) is 11.3 Å². The van der Waals surface area contributed by atoms with Crippen molar-refractivity contribution < 1.29 is 5.11 Å². The van der Waals surface area contributed by atoms with Gasteiger partial charge in [0.1, 0.15) is 0 Å². The fourth-order valence-electron chi connectivity index (χ4n) is 2.69. The standard InChI is InChI=1S/C16H34N2O/c1-6-15(4,12-17-11-14(2)3)13-18-9-7-16(5,19)8-10-18/h14,17,19H,6-13H2,1-5H3. The van der Waals surface area contributed by atoms with Crippen molar-refractivity contribution in [1.82, 2.24) is 10.2 Å². The van der Waals surface area contributed by atoms with Crippen LogP contribution in [-0.4, -0.2) is 48.3 Å². The molecule has 1 saturated heterocycles. The molecule has 1 atom stereocenters. The normalized spacial score (nSPS) is 23.5. The molecule has 0 aromatic heterocycles. The van der Waals surface area contributed by atoms with Crippen LogP contribution in [0.15, 0.2) is 0 Å². The average Bonchev–Trinajstić information content (AvgIpc) is 2.32. The van der Waals surface area contributed by atoms with Crippen LogP contribution in [0.1, 0.15) is 53.9 Å². The number of hydrogen-bond acceptors (Lipinski definition) is 3. The molecule has 1 aliphatic heterocycles. The largest absolute Gasteiger partial charge is 0.390 e. The summed E-state index contributed by atoms with van der Waals surface area (Å²) >= 11 is 0. The maximum atomic E-state index is 10.0. The van der Waals surface area contributed by atoms with Gasteiger partial charge < -0.3 is 15.3 Å². The molecule has 1 heterocycles. The van der Waals surface area contributed by atoms with Gasteiger partial charge in [-0.15, -0.1) is 0 Å². The van der Waals surface area contributed by atoms with E-state index in [1.165, 1.54) is 6.42 Å². The molecule has 1 fully saturated rings. The zero-order valence-electron chi connectivity index (χ0n) is 13.6. The number of nitrogens with zero attached hydrogens (tertiary/aromatic N) is 1. The van der Waals surface area contributed by atoms with Crippen molar-refractivity contribution in [2.24, 2.45) is 11.3 Å². The van der Waals surface area contributed by atoms with Crippen LogP contribution in [0.4, 0.5) is 0 Å². The Morgan fingerprint density at radius 2 is 1.89 bits per heavy atom. The average molecular weight is 270 g/mol. The van der Waals surface area contributed by atoms with Crippen LogP contribution in [0.25, 0.3) is 0 Å². The summed E-state index contributed by atoms with van der Waals surface area (Å²) in [5.41, 5.74) is -0.0902. The third-order valence-electron chi connectivity index (χ3n) is 4.50. The van der Waals surface area contributed by atoms with Crippen LogP contribution in [0.5, 0.6) is 0 Å². The second-order valence-corrected chi connectivity index (χ2v) is 7.46. The lowest BCUT2D eigenvalue weighted by atomic mass is 9.85. The molecular formula is C16H34N2O. The molecule has 0 saturated carbocycles. The molecule has 19 heavy (non-hydrogen) atoms. The van der Waals surface area contributed by atoms with Gasteiger partial charge in [0.2, 0.25) is 0 Å². The van der Waals surface area contributed by atoms with Crippen LogP contribution in [0, 0.1) is 11.3 Å². The van der Waals surface area contributed by atoms with E-state index in [1.54, 1.807) is 0 Å². The van der Waals surface area contributed by atoms with Gasteiger partial charge in [0, 0.05) is 26.2 Å². The first-order valence-corrected chi connectivity index (χ1v) is 7.92. The predicted molar refractivity (Wildman–Crippen MR) is 82.4 cm³/mol. The van der Waals surface area contributed by atoms with E-state index in [1.807, 2.05) is 6.92 Å². The van der Waals surface area contributed by atoms with Gasteiger partial charge in [-0.25, -0.2) is 0 Å². The van der Waals surface area contributed by atoms with Crippen molar-refractivity contribution in [3.63, 3.8) is 0 Å². The summed E-state index contributed by atoms with van der Waals surface area (Å²) in [5.74, 6) is 0.714. The minimum atomic E-state index is -0.436. The van der Waals surface area contributed by atoms with E-state index in [-0.39, 0.29) is 0 Å². The van der Waals surface area contributed by atoms with Crippen LogP contribution in [0.3, 0.4) is 0 Å². The quantitative estimate of drug-likeness (QED) is 0.746. The Hall–Kier alpha value is -0.120. The summed E-state index contributed by atoms with van der Waals surface area (Å²) in [6.07, 6.45) is 3.02. The zero-order chi connectivity index (χ0) is 14.5. The summed E-state index contributed by atoms with van der Waals surface area (Å²) in [6.45, 7) is 16.5. The van der Waals surface area contributed by atoms with E-state index < -0.39 is 5.60 Å². The Morgan fingerprint density at radius 1 is 1.32 bits per heavy atom. The zero-order valence-corrected chi connectivity index (χ0v) is 13.6. The Labute approximate surface area is 119 Å². The third-order valence-corrected chi connectivity index (χ3v) is 4.50. The molecule has 1 aliphatic rings. The summed E-state index contributed by atoms with van der Waals surface area (Å²) in [7, 11) is 0. The molecule has 3 heteroatoms. The van der Waals surface area contributed by atoms with Crippen molar-refractivity contribution in [2.75, 3.05) is 32.7 Å². The van der Waals surface area contributed by atoms with Gasteiger partial charge in [-0.05, 0) is 44.1 Å². The number of hydrogen-bond donors (Lipinski definition) is 2. The van der Waals surface area contributed by atoms with Gasteiger partial charge in [0.25, 0.3) is 0 Å². The van der Waals surface area contributed by atoms with E-state index in [4.69, 9.17) is 0 Å². The van der Waals surface area contributed by atoms with Crippen LogP contribution >= 0.6 is 0 Å². The van der Waals surface area contributed by atoms with Crippen LogP contribution in [0.2, 0.25) is 0 Å². The number of rotatable bonds is 7. The maximum Gasteiger partial charge on any atom is 0.0644 e. The van der Waals surface area contributed by atoms with E-state index in [9.17, 15) is 5.11 Å². The molecule has 0 aliphatic carbocycles. The smallest absolute Gasteiger partial charge is 0.0644 e. The lowest BCUT2D eigenvalue weighted by molar-refractivity contribution is -0.0150. The number of nitrogens with one attached hydrogen (secondary N) is 1. The fraction of sp³-hybridized carbons (Fsp3) is 1.00. The van der Waals surface area contributed by atoms with Gasteiger partial charge >= 0.3 is 0 Å². The van der Waals surface area contributed by atoms with Crippen molar-refractivity contribution in [3.8, 4) is 0 Å². The summed E-state index contributed by atoms with van der Waals surface area (Å²) in [6, 6.07) is 0. The Bertz CT molecular complexity index is 255. The van der Waals surface area contributed by atoms with Gasteiger partial charge in [-0.1, -0.05) is 27.7 Å². The van der Waals surface area contributed by atoms with Crippen molar-refractivity contribution in [3.05, 3.63) is 0 Å². The van der Waals surface area contributed by atoms with Crippen molar-refractivity contribution in [1.29, 1.82) is 0 Å². The monoisotopic (exact) mass is 270 g/mol. The minimum Gasteiger partial charge on any atom is -0.390 e. The second kappa shape index (κ2) is 7.05. The molecule has 0 aromatic rings. The van der Waals surface area contributed by atoms with E-state index in [2.05, 4.69) is 37.9 Å². The van der Waals surface area contributed by atoms with Gasteiger partial charge in [-0.2, -0.15) is 0 Å². The summed E-state index contributed by atoms with van der Waals surface area (Å²) < 4.78 is 0. The summed E-state index contributed by atoms with van der Waals surface area (Å²) in [4.78, 5) is 2.53. The van der Waals surface area contributed by atoms with E-state index in [0.717, 1.165) is 45.6 Å². The fourth-order valence-corrected chi connectivity index (χ4v) is 2.69. The lowest BCUT2D eigenvalue weighted by Gasteiger charge is -2.41. The molecule has 0 radical (unpaired) electrons. The Morgan fingerprint density at radius 3 is 2.37 bits per heavy atom. The highest BCUT2D eigenvalue weighted by Gasteiger charge is 2.31. The van der Waals surface area contributed by atoms with Crippen LogP contribution < -0.4 is 5.32 Å². The van der Waals surface area contributed by atoms with Crippen LogP contribution in [-0.2, 0) is 0 Å². The molecule has 1 unspecified atom stereocenters. The Kier molecular flexibility index (Phi) is 6.28. The van der Waals surface area contributed by atoms with Crippen molar-refractivity contribution in [2.45, 2.75) is 59.5 Å². The van der Waals surface area contributed by atoms with Gasteiger partial charge in [-0.3, -0.25) is 0 Å². The predicted octanol–water partition coefficient (Wildman–Crippen LogP) is 2.50. The molecule has 0 aromatic carbocycles. The lowest BCUT2D eigenvalue weighted by Crippen LogP contribution is -2.48. The minimum absolute atomic E-state index is 0.345. The number of likely N-dealkylation sites (tertiary alicyclic amines) is 1. The Balaban J connectivity index is 2.38. The number of aliphatic hydroxyl groups is 1. The van der Waals surface area contributed by atoms with Gasteiger partial charge in [0.05, 0.1) is 5.60 Å². The molecule has 0 spiro atoms. The molecule has 0 amide bonds. The SMILES string of the molecule is CCC(C)(CNCC(C)C)CN1CCC(C)(O)CC1. The number of piperidine rings is 1. The first-order chi connectivity index (χ1) is 8.76. The topological polar surface area (TPSA) is 35.5 Å². The highest BCUT2D eigenvalue weighted by atomic mass is 16.3. The summed E-state index contributed by atoms with van der Waals surface area (Å²) in [5, 5.41) is 13.6. The molecule has 0 bridgehead atoms. The van der Waals surface area contributed by atoms with E-state index >= 15 is 0 Å². The van der Waals surface area contributed by atoms with Gasteiger partial charge in [0.15, 0.2) is 0 Å². The highest BCUT2D eigenvalue weighted by Crippen LogP contribution is 2.27. The first-order valence-electron chi connectivity index (χ1n) is 7.92.